The highest BCUT2D eigenvalue weighted by Gasteiger charge is 2.37. The maximum atomic E-state index is 12.6. The molecule has 0 aromatic heterocycles. The average molecular weight is 377 g/mol. The molecule has 2 rings (SSSR count). The van der Waals surface area contributed by atoms with Crippen LogP contribution in [-0.2, 0) is 14.3 Å². The number of nitro benzene ring substituents is 1. The molecule has 0 unspecified atom stereocenters. The Bertz CT molecular complexity index is 747. The molecule has 1 saturated heterocycles. The van der Waals surface area contributed by atoms with Crippen LogP contribution in [0.4, 0.5) is 10.5 Å². The number of non-ortho nitro benzene ring substituents is 1. The molecule has 10 heteroatoms. The maximum absolute atomic E-state index is 12.6. The number of amides is 2. The number of rotatable bonds is 6. The molecule has 1 heterocycles. The molecular weight excluding hydrogens is 358 g/mol. The zero-order chi connectivity index (χ0) is 20.0. The third-order valence-electron chi connectivity index (χ3n) is 4.04. The van der Waals surface area contributed by atoms with Crippen molar-refractivity contribution in [3.05, 3.63) is 47.0 Å². The van der Waals surface area contributed by atoms with Crippen molar-refractivity contribution in [3.63, 3.8) is 0 Å². The topological polar surface area (TPSA) is 128 Å². The minimum absolute atomic E-state index is 0.0713. The van der Waals surface area contributed by atoms with E-state index in [2.05, 4.69) is 11.9 Å². The molecular formula is C17H19N3O7. The number of ether oxygens (including phenoxy) is 2. The molecule has 1 aromatic rings. The summed E-state index contributed by atoms with van der Waals surface area (Å²) >= 11 is 0. The highest BCUT2D eigenvalue weighted by molar-refractivity contribution is 5.91. The molecule has 0 radical (unpaired) electrons. The van der Waals surface area contributed by atoms with Gasteiger partial charge in [0, 0.05) is 18.7 Å². The Morgan fingerprint density at radius 2 is 2.04 bits per heavy atom. The van der Waals surface area contributed by atoms with Crippen molar-refractivity contribution in [2.45, 2.75) is 24.9 Å². The lowest BCUT2D eigenvalue weighted by Crippen LogP contribution is -2.51. The van der Waals surface area contributed by atoms with Crippen LogP contribution in [0.15, 0.2) is 36.9 Å². The third-order valence-corrected chi connectivity index (χ3v) is 4.04. The van der Waals surface area contributed by atoms with E-state index in [1.807, 2.05) is 0 Å². The van der Waals surface area contributed by atoms with Gasteiger partial charge >= 0.3 is 12.1 Å². The van der Waals surface area contributed by atoms with Crippen molar-refractivity contribution in [3.8, 4) is 5.75 Å². The molecule has 1 N–H and O–H groups in total. The molecule has 0 bridgehead atoms. The molecule has 2 atom stereocenters. The standard InChI is InChI=1S/C17H19N3O7/c1-3-13(15(21)19-10-4-5-14(19)16(22)26-2)18-17(23)27-12-8-6-11(7-9-12)20(24)25/h3,6-9,13-14H,1,4-5,10H2,2H3,(H,18,23)/t13-,14-/m0/s1. The number of hydrogen-bond acceptors (Lipinski definition) is 7. The third kappa shape index (κ3) is 4.81. The van der Waals surface area contributed by atoms with Gasteiger partial charge in [-0.1, -0.05) is 6.08 Å². The van der Waals surface area contributed by atoms with Crippen molar-refractivity contribution in [2.24, 2.45) is 0 Å². The zero-order valence-electron chi connectivity index (χ0n) is 14.6. The highest BCUT2D eigenvalue weighted by Crippen LogP contribution is 2.20. The van der Waals surface area contributed by atoms with E-state index in [4.69, 9.17) is 9.47 Å². The second-order valence-corrected chi connectivity index (χ2v) is 5.71. The van der Waals surface area contributed by atoms with E-state index < -0.39 is 35.0 Å². The summed E-state index contributed by atoms with van der Waals surface area (Å²) in [4.78, 5) is 47.8. The minimum Gasteiger partial charge on any atom is -0.467 e. The summed E-state index contributed by atoms with van der Waals surface area (Å²) in [5.41, 5.74) is -0.148. The summed E-state index contributed by atoms with van der Waals surface area (Å²) in [6, 6.07) is 3.10. The Hall–Kier alpha value is -3.43. The lowest BCUT2D eigenvalue weighted by atomic mass is 10.2. The molecule has 2 amide bonds. The van der Waals surface area contributed by atoms with E-state index >= 15 is 0 Å². The number of nitrogens with one attached hydrogen (secondary N) is 1. The molecule has 144 valence electrons. The van der Waals surface area contributed by atoms with Crippen molar-refractivity contribution in [1.29, 1.82) is 0 Å². The van der Waals surface area contributed by atoms with Gasteiger partial charge < -0.3 is 19.7 Å². The molecule has 0 saturated carbocycles. The van der Waals surface area contributed by atoms with Crippen LogP contribution in [0.3, 0.4) is 0 Å². The van der Waals surface area contributed by atoms with Gasteiger partial charge in [-0.25, -0.2) is 9.59 Å². The summed E-state index contributed by atoms with van der Waals surface area (Å²) in [6.07, 6.45) is 1.42. The van der Waals surface area contributed by atoms with Gasteiger partial charge in [0.05, 0.1) is 12.0 Å². The number of likely N-dealkylation sites (tertiary alicyclic amines) is 1. The van der Waals surface area contributed by atoms with Crippen LogP contribution in [0.1, 0.15) is 12.8 Å². The predicted molar refractivity (Wildman–Crippen MR) is 93.0 cm³/mol. The first-order valence-electron chi connectivity index (χ1n) is 8.11. The Labute approximate surface area is 154 Å². The Balaban J connectivity index is 1.99. The van der Waals surface area contributed by atoms with Gasteiger partial charge in [-0.15, -0.1) is 6.58 Å². The smallest absolute Gasteiger partial charge is 0.413 e. The number of nitro groups is 1. The van der Waals surface area contributed by atoms with E-state index in [0.717, 1.165) is 0 Å². The molecule has 1 aliphatic rings. The van der Waals surface area contributed by atoms with Crippen molar-refractivity contribution < 1.29 is 28.8 Å². The lowest BCUT2D eigenvalue weighted by molar-refractivity contribution is -0.384. The minimum atomic E-state index is -1.10. The van der Waals surface area contributed by atoms with Crippen LogP contribution in [0.5, 0.6) is 5.75 Å². The quantitative estimate of drug-likeness (QED) is 0.343. The molecule has 0 aliphatic carbocycles. The van der Waals surface area contributed by atoms with Crippen LogP contribution >= 0.6 is 0 Å². The van der Waals surface area contributed by atoms with Crippen molar-refractivity contribution in [2.75, 3.05) is 13.7 Å². The SMILES string of the molecule is C=C[C@H](NC(=O)Oc1ccc([N+](=O)[O-])cc1)C(=O)N1CCC[C@H]1C(=O)OC. The van der Waals surface area contributed by atoms with Gasteiger partial charge in [-0.3, -0.25) is 14.9 Å². The second kappa shape index (κ2) is 8.79. The zero-order valence-corrected chi connectivity index (χ0v) is 14.6. The van der Waals surface area contributed by atoms with E-state index in [1.165, 1.54) is 42.4 Å². The normalized spacial score (nSPS) is 16.9. The van der Waals surface area contributed by atoms with E-state index in [-0.39, 0.29) is 11.4 Å². The number of hydrogen-bond donors (Lipinski definition) is 1. The Morgan fingerprint density at radius 1 is 1.37 bits per heavy atom. The summed E-state index contributed by atoms with van der Waals surface area (Å²) in [6.45, 7) is 3.89. The molecule has 10 nitrogen and oxygen atoms in total. The summed E-state index contributed by atoms with van der Waals surface area (Å²) < 4.78 is 9.70. The fourth-order valence-corrected chi connectivity index (χ4v) is 2.71. The van der Waals surface area contributed by atoms with E-state index in [1.54, 1.807) is 0 Å². The maximum Gasteiger partial charge on any atom is 0.413 e. The number of carbonyl (C=O) groups excluding carboxylic acids is 3. The summed E-state index contributed by atoms with van der Waals surface area (Å²) in [7, 11) is 1.24. The Kier molecular flexibility index (Phi) is 6.47. The van der Waals surface area contributed by atoms with Gasteiger partial charge in [-0.2, -0.15) is 0 Å². The molecule has 1 aliphatic heterocycles. The average Bonchev–Trinajstić information content (AvgIpc) is 3.15. The molecule has 1 fully saturated rings. The number of nitrogens with zero attached hydrogens (tertiary/aromatic N) is 2. The van der Waals surface area contributed by atoms with Crippen molar-refractivity contribution >= 4 is 23.7 Å². The summed E-state index contributed by atoms with van der Waals surface area (Å²) in [5, 5.41) is 13.0. The first-order chi connectivity index (χ1) is 12.9. The second-order valence-electron chi connectivity index (χ2n) is 5.71. The van der Waals surface area contributed by atoms with Crippen LogP contribution in [0, 0.1) is 10.1 Å². The summed E-state index contributed by atoms with van der Waals surface area (Å²) in [5.74, 6) is -0.947. The molecule has 0 spiro atoms. The van der Waals surface area contributed by atoms with Crippen molar-refractivity contribution in [1.82, 2.24) is 10.2 Å². The van der Waals surface area contributed by atoms with Crippen LogP contribution < -0.4 is 10.1 Å². The van der Waals surface area contributed by atoms with E-state index in [9.17, 15) is 24.5 Å². The molecule has 1 aromatic carbocycles. The monoisotopic (exact) mass is 377 g/mol. The largest absolute Gasteiger partial charge is 0.467 e. The van der Waals surface area contributed by atoms with Gasteiger partial charge in [-0.05, 0) is 25.0 Å². The van der Waals surface area contributed by atoms with E-state index in [0.29, 0.717) is 19.4 Å². The first kappa shape index (κ1) is 19.9. The molecule has 27 heavy (non-hydrogen) atoms. The lowest BCUT2D eigenvalue weighted by Gasteiger charge is -2.26. The Morgan fingerprint density at radius 3 is 2.59 bits per heavy atom. The first-order valence-corrected chi connectivity index (χ1v) is 8.11. The van der Waals surface area contributed by atoms with Gasteiger partial charge in [0.15, 0.2) is 0 Å². The van der Waals surface area contributed by atoms with Crippen LogP contribution in [-0.4, -0.2) is 53.5 Å². The van der Waals surface area contributed by atoms with Crippen LogP contribution in [0.2, 0.25) is 0 Å². The van der Waals surface area contributed by atoms with Gasteiger partial charge in [0.2, 0.25) is 5.91 Å². The number of methoxy groups -OCH3 is 1. The highest BCUT2D eigenvalue weighted by atomic mass is 16.6. The number of benzene rings is 1. The van der Waals surface area contributed by atoms with Gasteiger partial charge in [0.25, 0.3) is 5.69 Å². The number of carbonyl (C=O) groups is 3. The fraction of sp³-hybridized carbons (Fsp3) is 0.353. The fourth-order valence-electron chi connectivity index (χ4n) is 2.71. The van der Waals surface area contributed by atoms with Crippen LogP contribution in [0.25, 0.3) is 0 Å². The van der Waals surface area contributed by atoms with Gasteiger partial charge in [0.1, 0.15) is 17.8 Å². The predicted octanol–water partition coefficient (Wildman–Crippen LogP) is 1.40. The number of esters is 1.